The van der Waals surface area contributed by atoms with Crippen LogP contribution in [0.1, 0.15) is 12.0 Å². The predicted molar refractivity (Wildman–Crippen MR) is 77.0 cm³/mol. The minimum absolute atomic E-state index is 0.285. The van der Waals surface area contributed by atoms with Crippen LogP contribution >= 0.6 is 11.6 Å². The minimum atomic E-state index is -3.41. The summed E-state index contributed by atoms with van der Waals surface area (Å²) in [5, 5.41) is 3.59. The molecule has 106 valence electrons. The van der Waals surface area contributed by atoms with Gasteiger partial charge in [0, 0.05) is 18.1 Å². The fourth-order valence-electron chi connectivity index (χ4n) is 2.35. The maximum atomic E-state index is 12.5. The molecular formula is C13H19ClN2O2S. The van der Waals surface area contributed by atoms with Crippen molar-refractivity contribution in [2.45, 2.75) is 18.2 Å². The third kappa shape index (κ3) is 3.11. The molecule has 1 aliphatic rings. The molecule has 0 spiro atoms. The molecule has 19 heavy (non-hydrogen) atoms. The van der Waals surface area contributed by atoms with Crippen molar-refractivity contribution < 1.29 is 8.42 Å². The average molecular weight is 303 g/mol. The standard InChI is InChI=1S/C13H19ClN2O2S/c1-10-3-4-12(7-13(10)14)19(17,18)16-6-5-11(9-16)8-15-2/h3-4,7,11,15H,5-6,8-9H2,1-2H3. The Labute approximate surface area is 119 Å². The number of nitrogens with one attached hydrogen (secondary N) is 1. The lowest BCUT2D eigenvalue weighted by molar-refractivity contribution is 0.451. The third-order valence-corrected chi connectivity index (χ3v) is 5.79. The van der Waals surface area contributed by atoms with Crippen molar-refractivity contribution in [3.05, 3.63) is 28.8 Å². The molecule has 6 heteroatoms. The molecule has 0 bridgehead atoms. The number of benzene rings is 1. The molecule has 1 saturated heterocycles. The quantitative estimate of drug-likeness (QED) is 0.924. The summed E-state index contributed by atoms with van der Waals surface area (Å²) < 4.78 is 26.5. The summed E-state index contributed by atoms with van der Waals surface area (Å²) in [6.45, 7) is 3.87. The molecule has 1 heterocycles. The van der Waals surface area contributed by atoms with E-state index in [0.717, 1.165) is 18.5 Å². The van der Waals surface area contributed by atoms with Gasteiger partial charge in [-0.3, -0.25) is 0 Å². The molecule has 1 fully saturated rings. The Balaban J connectivity index is 2.21. The molecule has 1 aromatic rings. The number of nitrogens with zero attached hydrogens (tertiary/aromatic N) is 1. The molecular weight excluding hydrogens is 284 g/mol. The zero-order valence-corrected chi connectivity index (χ0v) is 12.8. The Morgan fingerprint density at radius 3 is 2.84 bits per heavy atom. The van der Waals surface area contributed by atoms with Gasteiger partial charge in [0.05, 0.1) is 4.90 Å². The highest BCUT2D eigenvalue weighted by Crippen LogP contribution is 2.26. The van der Waals surface area contributed by atoms with Crippen LogP contribution < -0.4 is 5.32 Å². The molecule has 1 aromatic carbocycles. The second-order valence-corrected chi connectivity index (χ2v) is 7.33. The van der Waals surface area contributed by atoms with Crippen LogP contribution in [0.5, 0.6) is 0 Å². The van der Waals surface area contributed by atoms with Crippen molar-refractivity contribution in [1.29, 1.82) is 0 Å². The predicted octanol–water partition coefficient (Wildman–Crippen LogP) is 1.88. The van der Waals surface area contributed by atoms with E-state index in [2.05, 4.69) is 5.32 Å². The summed E-state index contributed by atoms with van der Waals surface area (Å²) in [4.78, 5) is 0.285. The monoisotopic (exact) mass is 302 g/mol. The van der Waals surface area contributed by atoms with Gasteiger partial charge >= 0.3 is 0 Å². The van der Waals surface area contributed by atoms with E-state index in [1.807, 2.05) is 14.0 Å². The first-order chi connectivity index (χ1) is 8.95. The highest BCUT2D eigenvalue weighted by atomic mass is 35.5. The van der Waals surface area contributed by atoms with Gasteiger partial charge in [0.25, 0.3) is 0 Å². The van der Waals surface area contributed by atoms with E-state index in [1.54, 1.807) is 16.4 Å². The van der Waals surface area contributed by atoms with Gasteiger partial charge < -0.3 is 5.32 Å². The van der Waals surface area contributed by atoms with Gasteiger partial charge in [0.1, 0.15) is 0 Å². The molecule has 1 aliphatic heterocycles. The van der Waals surface area contributed by atoms with Crippen molar-refractivity contribution in [1.82, 2.24) is 9.62 Å². The second-order valence-electron chi connectivity index (χ2n) is 4.99. The summed E-state index contributed by atoms with van der Waals surface area (Å²) >= 11 is 6.01. The van der Waals surface area contributed by atoms with Crippen molar-refractivity contribution >= 4 is 21.6 Å². The number of aryl methyl sites for hydroxylation is 1. The van der Waals surface area contributed by atoms with E-state index in [4.69, 9.17) is 11.6 Å². The minimum Gasteiger partial charge on any atom is -0.319 e. The summed E-state index contributed by atoms with van der Waals surface area (Å²) in [6, 6.07) is 4.91. The van der Waals surface area contributed by atoms with Crippen molar-refractivity contribution in [3.63, 3.8) is 0 Å². The summed E-state index contributed by atoms with van der Waals surface area (Å²) in [7, 11) is -1.52. The average Bonchev–Trinajstić information content (AvgIpc) is 2.82. The van der Waals surface area contributed by atoms with E-state index < -0.39 is 10.0 Å². The first-order valence-corrected chi connectivity index (χ1v) is 8.18. The highest BCUT2D eigenvalue weighted by Gasteiger charge is 2.32. The Bertz CT molecular complexity index is 560. The van der Waals surface area contributed by atoms with Crippen LogP contribution in [0.15, 0.2) is 23.1 Å². The van der Waals surface area contributed by atoms with Gasteiger partial charge in [-0.15, -0.1) is 0 Å². The van der Waals surface area contributed by atoms with E-state index in [0.29, 0.717) is 24.0 Å². The lowest BCUT2D eigenvalue weighted by atomic mass is 10.1. The molecule has 0 radical (unpaired) electrons. The molecule has 4 nitrogen and oxygen atoms in total. The van der Waals surface area contributed by atoms with Crippen molar-refractivity contribution in [2.75, 3.05) is 26.7 Å². The number of rotatable bonds is 4. The number of halogens is 1. The Hall–Kier alpha value is -0.620. The lowest BCUT2D eigenvalue weighted by Crippen LogP contribution is -2.30. The molecule has 2 rings (SSSR count). The Morgan fingerprint density at radius 1 is 1.47 bits per heavy atom. The van der Waals surface area contributed by atoms with Crippen molar-refractivity contribution in [2.24, 2.45) is 5.92 Å². The third-order valence-electron chi connectivity index (χ3n) is 3.52. The van der Waals surface area contributed by atoms with Crippen LogP contribution in [-0.4, -0.2) is 39.4 Å². The molecule has 0 aromatic heterocycles. The normalized spacial score (nSPS) is 20.9. The Kier molecular flexibility index (Phi) is 4.50. The molecule has 1 atom stereocenters. The zero-order valence-electron chi connectivity index (χ0n) is 11.2. The van der Waals surface area contributed by atoms with E-state index in [1.165, 1.54) is 6.07 Å². The smallest absolute Gasteiger partial charge is 0.243 e. The number of hydrogen-bond donors (Lipinski definition) is 1. The van der Waals surface area contributed by atoms with E-state index in [-0.39, 0.29) is 4.90 Å². The molecule has 0 saturated carbocycles. The van der Waals surface area contributed by atoms with Crippen LogP contribution in [-0.2, 0) is 10.0 Å². The molecule has 0 aliphatic carbocycles. The van der Waals surface area contributed by atoms with Crippen LogP contribution in [0.2, 0.25) is 5.02 Å². The fraction of sp³-hybridized carbons (Fsp3) is 0.538. The first-order valence-electron chi connectivity index (χ1n) is 6.36. The number of sulfonamides is 1. The van der Waals surface area contributed by atoms with Gasteiger partial charge in [0.2, 0.25) is 10.0 Å². The molecule has 1 N–H and O–H groups in total. The first kappa shape index (κ1) is 14.8. The van der Waals surface area contributed by atoms with E-state index >= 15 is 0 Å². The molecule has 1 unspecified atom stereocenters. The van der Waals surface area contributed by atoms with E-state index in [9.17, 15) is 8.42 Å². The van der Waals surface area contributed by atoms with Crippen molar-refractivity contribution in [3.8, 4) is 0 Å². The van der Waals surface area contributed by atoms with Gasteiger partial charge in [0.15, 0.2) is 0 Å². The summed E-state index contributed by atoms with van der Waals surface area (Å²) in [5.74, 6) is 0.390. The van der Waals surface area contributed by atoms with Gasteiger partial charge in [-0.2, -0.15) is 4.31 Å². The summed E-state index contributed by atoms with van der Waals surface area (Å²) in [5.41, 5.74) is 0.884. The largest absolute Gasteiger partial charge is 0.319 e. The summed E-state index contributed by atoms with van der Waals surface area (Å²) in [6.07, 6.45) is 0.902. The van der Waals surface area contributed by atoms with Crippen LogP contribution in [0.25, 0.3) is 0 Å². The lowest BCUT2D eigenvalue weighted by Gasteiger charge is -2.17. The highest BCUT2D eigenvalue weighted by molar-refractivity contribution is 7.89. The molecule has 0 amide bonds. The Morgan fingerprint density at radius 2 is 2.21 bits per heavy atom. The van der Waals surface area contributed by atoms with Gasteiger partial charge in [-0.05, 0) is 50.6 Å². The zero-order chi connectivity index (χ0) is 14.0. The fourth-order valence-corrected chi connectivity index (χ4v) is 4.16. The SMILES string of the molecule is CNCC1CCN(S(=O)(=O)c2ccc(C)c(Cl)c2)C1. The van der Waals surface area contributed by atoms with Gasteiger partial charge in [-0.1, -0.05) is 17.7 Å². The topological polar surface area (TPSA) is 49.4 Å². The van der Waals surface area contributed by atoms with Gasteiger partial charge in [-0.25, -0.2) is 8.42 Å². The number of hydrogen-bond acceptors (Lipinski definition) is 3. The maximum Gasteiger partial charge on any atom is 0.243 e. The second kappa shape index (κ2) is 5.79. The van der Waals surface area contributed by atoms with Crippen LogP contribution in [0.3, 0.4) is 0 Å². The van der Waals surface area contributed by atoms with Crippen LogP contribution in [0.4, 0.5) is 0 Å². The maximum absolute atomic E-state index is 12.5. The van der Waals surface area contributed by atoms with Crippen LogP contribution in [0, 0.1) is 12.8 Å².